The predicted octanol–water partition coefficient (Wildman–Crippen LogP) is -5.29. The van der Waals surface area contributed by atoms with Gasteiger partial charge in [-0.2, -0.15) is 49.3 Å². The minimum Gasteiger partial charge on any atom is -0.871 e. The van der Waals surface area contributed by atoms with E-state index in [-0.39, 0.29) is 169 Å². The number of hydrogen-bond donors (Lipinski definition) is 1. The minimum absolute atomic E-state index is 0. The first-order valence-electron chi connectivity index (χ1n) is 17.5. The van der Waals surface area contributed by atoms with E-state index in [0.717, 1.165) is 72.8 Å². The van der Waals surface area contributed by atoms with Crippen LogP contribution in [0.3, 0.4) is 0 Å². The first kappa shape index (κ1) is 65.0. The second-order valence-corrected chi connectivity index (χ2v) is 18.3. The molecule has 0 atom stereocenters. The molecule has 0 fully saturated rings. The van der Waals surface area contributed by atoms with Crippen molar-refractivity contribution in [2.75, 3.05) is 0 Å². The summed E-state index contributed by atoms with van der Waals surface area (Å²) in [5.74, 6) is -3.00. The maximum Gasteiger partial charge on any atom is 2.00 e. The van der Waals surface area contributed by atoms with Crippen molar-refractivity contribution in [1.82, 2.24) is 0 Å². The van der Waals surface area contributed by atoms with E-state index >= 15 is 0 Å². The maximum atomic E-state index is 13.0. The van der Waals surface area contributed by atoms with Gasteiger partial charge in [-0.15, -0.1) is 0 Å². The van der Waals surface area contributed by atoms with E-state index in [9.17, 15) is 67.2 Å². The van der Waals surface area contributed by atoms with Gasteiger partial charge in [0.25, 0.3) is 10.1 Å². The molecule has 32 heteroatoms. The zero-order valence-corrected chi connectivity index (χ0v) is 48.5. The molecule has 0 heterocycles. The molecule has 23 nitrogen and oxygen atoms in total. The second kappa shape index (κ2) is 27.3. The molecular weight excluding hydrogens is 1090 g/mol. The largest absolute Gasteiger partial charge is 2.00 e. The summed E-state index contributed by atoms with van der Waals surface area (Å²) in [6.07, 6.45) is 2.11. The van der Waals surface area contributed by atoms with Crippen LogP contribution in [0.1, 0.15) is 11.1 Å². The monoisotopic (exact) mass is 1110 g/mol. The fraction of sp³-hybridized carbons (Fsp3) is 0. The molecule has 0 aliphatic rings. The van der Waals surface area contributed by atoms with Crippen molar-refractivity contribution in [1.29, 1.82) is 0 Å². The summed E-state index contributed by atoms with van der Waals surface area (Å²) in [5.41, 5.74) is -2.03. The van der Waals surface area contributed by atoms with Crippen LogP contribution in [0.15, 0.2) is 176 Å². The number of benzene rings is 6. The number of nitrogens with zero attached hydrogens (tertiary/aromatic N) is 8. The Morgan fingerprint density at radius 1 is 0.400 bits per heavy atom. The summed E-state index contributed by atoms with van der Waals surface area (Å²) in [5, 5.41) is 67.8. The first-order chi connectivity index (χ1) is 30.5. The van der Waals surface area contributed by atoms with Crippen LogP contribution in [-0.4, -0.2) is 51.9 Å². The third kappa shape index (κ3) is 17.9. The van der Waals surface area contributed by atoms with Crippen LogP contribution in [-0.2, 0) is 57.5 Å². The maximum absolute atomic E-state index is 13.0. The van der Waals surface area contributed by atoms with Gasteiger partial charge in [0.15, 0.2) is 0 Å². The molecule has 6 aromatic carbocycles. The van der Waals surface area contributed by atoms with Gasteiger partial charge >= 0.3 is 135 Å². The predicted molar refractivity (Wildman–Crippen MR) is 216 cm³/mol. The van der Waals surface area contributed by atoms with E-state index in [1.165, 1.54) is 48.5 Å². The van der Waals surface area contributed by atoms with E-state index in [0.29, 0.717) is 11.8 Å². The van der Waals surface area contributed by atoms with Gasteiger partial charge in [-0.25, -0.2) is 25.3 Å². The van der Waals surface area contributed by atoms with Crippen LogP contribution >= 0.6 is 0 Å². The molecule has 343 valence electrons. The standard InChI is InChI=1S/C38H28N8O15S4.Cu.4Na/c47-33-17-15-30(63(53,54)55)21-32(33)45-44-31-16-18-34(48)37(38(31)49)46-43-28-6-4-23(36(20-28)65(59,60)61)2-1-22-3-5-27(19-35(22)64(56,57)58)42-41-25-9-7-24(8-10-25)39-40-26-11-13-29(14-12-26)62(50,51)52;;;;;/h1-21,47-49H,(H,50,51,52)(H,53,54,55)(H,56,57,58)(H,59,60,61);;;;;/q;+2;4*+1/p-6/b2-1+,40-39?,42-41?,45-44?,46-43?;;;;;. The molecule has 0 unspecified atom stereocenters. The van der Waals surface area contributed by atoms with Gasteiger partial charge in [-0.1, -0.05) is 53.7 Å². The normalized spacial score (nSPS) is 12.1. The molecular formula is C38H22CuN8Na4O15S4. The smallest absolute Gasteiger partial charge is 0.871 e. The molecule has 0 spiro atoms. The van der Waals surface area contributed by atoms with E-state index in [2.05, 4.69) is 40.9 Å². The molecule has 6 rings (SSSR count). The van der Waals surface area contributed by atoms with Crippen molar-refractivity contribution in [2.45, 2.75) is 19.6 Å². The summed E-state index contributed by atoms with van der Waals surface area (Å²) < 4.78 is 139. The molecule has 0 aliphatic heterocycles. The average Bonchev–Trinajstić information content (AvgIpc) is 3.24. The van der Waals surface area contributed by atoms with Crippen molar-refractivity contribution in [3.63, 3.8) is 0 Å². The number of hydrogen-bond acceptors (Lipinski definition) is 22. The molecule has 70 heavy (non-hydrogen) atoms. The molecule has 6 aromatic rings. The Kier molecular flexibility index (Phi) is 25.4. The summed E-state index contributed by atoms with van der Waals surface area (Å²) in [6.45, 7) is 0. The van der Waals surface area contributed by atoms with E-state index in [1.807, 2.05) is 0 Å². The van der Waals surface area contributed by atoms with Crippen molar-refractivity contribution < 1.29 is 202 Å². The van der Waals surface area contributed by atoms with Crippen LogP contribution in [0, 0.1) is 0 Å². The Bertz CT molecular complexity index is 3490. The van der Waals surface area contributed by atoms with Crippen LogP contribution < -0.4 is 134 Å². The van der Waals surface area contributed by atoms with Crippen molar-refractivity contribution >= 4 is 98.1 Å². The molecule has 1 N–H and O–H groups in total. The Hall–Kier alpha value is -2.98. The van der Waals surface area contributed by atoms with E-state index in [4.69, 9.17) is 0 Å². The van der Waals surface area contributed by atoms with Gasteiger partial charge in [-0.05, 0) is 102 Å². The number of rotatable bonds is 14. The fourth-order valence-electron chi connectivity index (χ4n) is 5.22. The summed E-state index contributed by atoms with van der Waals surface area (Å²) in [4.78, 5) is -2.80. The number of azo groups is 4. The third-order valence-corrected chi connectivity index (χ3v) is 11.8. The Balaban J connectivity index is 0.00000490. The van der Waals surface area contributed by atoms with Crippen molar-refractivity contribution in [3.05, 3.63) is 126 Å². The summed E-state index contributed by atoms with van der Waals surface area (Å²) in [6, 6.07) is 21.0. The van der Waals surface area contributed by atoms with Gasteiger partial charge < -0.3 is 29.0 Å². The quantitative estimate of drug-likeness (QED) is 0.0461. The van der Waals surface area contributed by atoms with Crippen molar-refractivity contribution in [2.24, 2.45) is 40.9 Å². The molecule has 0 amide bonds. The first-order valence-corrected chi connectivity index (χ1v) is 23.1. The summed E-state index contributed by atoms with van der Waals surface area (Å²) >= 11 is 0. The van der Waals surface area contributed by atoms with Crippen LogP contribution in [0.2, 0.25) is 0 Å². The SMILES string of the molecule is O=S(=O)([O-])c1ccc(N=Nc2ccc(N=Nc3ccc(/C=C/c4ccc(N=Nc5c([O-])ccc(N=Nc6cc(S(=O)(=O)[O-])ccc6[O-])c5[O-])cc4S(=O)(=O)O)c(S(=O)(=O)[O-])c3)cc2)cc1.[Cu+2].[Na+].[Na+].[Na+].[Na+]. The molecule has 0 aromatic heterocycles. The summed E-state index contributed by atoms with van der Waals surface area (Å²) in [7, 11) is -19.8. The average molecular weight is 1110 g/mol. The molecule has 0 bridgehead atoms. The zero-order valence-electron chi connectivity index (χ0n) is 36.3. The Morgan fingerprint density at radius 3 is 1.26 bits per heavy atom. The Labute approximate surface area is 498 Å². The second-order valence-electron chi connectivity index (χ2n) is 12.8. The van der Waals surface area contributed by atoms with Gasteiger partial charge in [0, 0.05) is 0 Å². The molecule has 0 saturated heterocycles. The zero-order chi connectivity index (χ0) is 47.3. The molecule has 0 aliphatic carbocycles. The van der Waals surface area contributed by atoms with Gasteiger partial charge in [0.2, 0.25) is 0 Å². The third-order valence-electron chi connectivity index (χ3n) is 8.34. The Morgan fingerprint density at radius 2 is 0.786 bits per heavy atom. The van der Waals surface area contributed by atoms with Crippen LogP contribution in [0.25, 0.3) is 12.2 Å². The van der Waals surface area contributed by atoms with Crippen LogP contribution in [0.4, 0.5) is 45.5 Å². The van der Waals surface area contributed by atoms with E-state index < -0.39 is 94.4 Å². The van der Waals surface area contributed by atoms with E-state index in [1.54, 1.807) is 0 Å². The topological polar surface area (TPSA) is 394 Å². The van der Waals surface area contributed by atoms with Crippen LogP contribution in [0.5, 0.6) is 17.2 Å². The van der Waals surface area contributed by atoms with Crippen molar-refractivity contribution in [3.8, 4) is 17.2 Å². The van der Waals surface area contributed by atoms with Gasteiger partial charge in [0.1, 0.15) is 35.2 Å². The molecule has 1 radical (unpaired) electrons. The van der Waals surface area contributed by atoms with Gasteiger partial charge in [-0.3, -0.25) is 4.55 Å². The van der Waals surface area contributed by atoms with Gasteiger partial charge in [0.05, 0.1) is 60.2 Å². The minimum atomic E-state index is -5.18. The fourth-order valence-corrected chi connectivity index (χ4v) is 7.58. The molecule has 0 saturated carbocycles.